The van der Waals surface area contributed by atoms with Gasteiger partial charge in [0.25, 0.3) is 5.91 Å². The molecule has 1 amide bonds. The predicted molar refractivity (Wildman–Crippen MR) is 70.5 cm³/mol. The summed E-state index contributed by atoms with van der Waals surface area (Å²) in [6.07, 6.45) is 8.10. The second-order valence-corrected chi connectivity index (χ2v) is 4.88. The molecule has 0 aliphatic heterocycles. The van der Waals surface area contributed by atoms with E-state index in [1.807, 2.05) is 11.8 Å². The Bertz CT molecular complexity index is 615. The molecule has 106 valence electrons. The van der Waals surface area contributed by atoms with Crippen LogP contribution in [0.5, 0.6) is 0 Å². The van der Waals surface area contributed by atoms with Gasteiger partial charge in [0, 0.05) is 12.2 Å². The Morgan fingerprint density at radius 3 is 3.05 bits per heavy atom. The summed E-state index contributed by atoms with van der Waals surface area (Å²) in [7, 11) is 0. The van der Waals surface area contributed by atoms with E-state index < -0.39 is 5.91 Å². The Kier molecular flexibility index (Phi) is 3.46. The fourth-order valence-corrected chi connectivity index (χ4v) is 2.52. The van der Waals surface area contributed by atoms with Crippen LogP contribution in [0.2, 0.25) is 0 Å². The molecule has 20 heavy (non-hydrogen) atoms. The fourth-order valence-electron chi connectivity index (χ4n) is 2.52. The standard InChI is InChI=1S/C12H17N7O/c13-15-12(20)10-7-19(17-16-10)6-5-18-8-14-9-3-1-2-4-11(9)18/h7-8H,1-6,13H2,(H,15,20). The molecule has 3 N–H and O–H groups in total. The molecule has 0 radical (unpaired) electrons. The van der Waals surface area contributed by atoms with Gasteiger partial charge in [0.1, 0.15) is 0 Å². The molecule has 1 aliphatic rings. The summed E-state index contributed by atoms with van der Waals surface area (Å²) in [5.41, 5.74) is 4.81. The third-order valence-corrected chi connectivity index (χ3v) is 3.58. The van der Waals surface area contributed by atoms with Crippen molar-refractivity contribution in [2.75, 3.05) is 0 Å². The lowest BCUT2D eigenvalue weighted by molar-refractivity contribution is 0.0948. The molecule has 2 aromatic heterocycles. The Labute approximate surface area is 115 Å². The maximum atomic E-state index is 11.3. The lowest BCUT2D eigenvalue weighted by atomic mass is 10.0. The number of imidazole rings is 1. The van der Waals surface area contributed by atoms with Crippen molar-refractivity contribution in [3.05, 3.63) is 29.6 Å². The van der Waals surface area contributed by atoms with Crippen molar-refractivity contribution < 1.29 is 4.79 Å². The summed E-state index contributed by atoms with van der Waals surface area (Å²) < 4.78 is 3.80. The van der Waals surface area contributed by atoms with Gasteiger partial charge < -0.3 is 4.57 Å². The second-order valence-electron chi connectivity index (χ2n) is 4.88. The minimum atomic E-state index is -0.434. The fraction of sp³-hybridized carbons (Fsp3) is 0.500. The van der Waals surface area contributed by atoms with Gasteiger partial charge in [-0.1, -0.05) is 5.21 Å². The highest BCUT2D eigenvalue weighted by Gasteiger charge is 2.15. The van der Waals surface area contributed by atoms with Gasteiger partial charge in [-0.2, -0.15) is 0 Å². The average Bonchev–Trinajstić information content (AvgIpc) is 3.11. The first-order valence-electron chi connectivity index (χ1n) is 6.72. The van der Waals surface area contributed by atoms with Crippen LogP contribution in [0.1, 0.15) is 34.7 Å². The average molecular weight is 275 g/mol. The van der Waals surface area contributed by atoms with Crippen LogP contribution in [0.3, 0.4) is 0 Å². The number of nitrogens with two attached hydrogens (primary N) is 1. The molecule has 0 aromatic carbocycles. The molecule has 2 heterocycles. The van der Waals surface area contributed by atoms with Gasteiger partial charge in [0.05, 0.1) is 24.8 Å². The van der Waals surface area contributed by atoms with Crippen LogP contribution in [-0.2, 0) is 25.9 Å². The summed E-state index contributed by atoms with van der Waals surface area (Å²) in [5.74, 6) is 4.62. The van der Waals surface area contributed by atoms with E-state index in [1.165, 1.54) is 24.2 Å². The number of hydrogen-bond donors (Lipinski definition) is 2. The summed E-state index contributed by atoms with van der Waals surface area (Å²) in [4.78, 5) is 15.7. The monoisotopic (exact) mass is 275 g/mol. The highest BCUT2D eigenvalue weighted by atomic mass is 16.2. The van der Waals surface area contributed by atoms with E-state index >= 15 is 0 Å². The number of hydrogen-bond acceptors (Lipinski definition) is 5. The molecule has 0 fully saturated rings. The lowest BCUT2D eigenvalue weighted by Crippen LogP contribution is -2.30. The van der Waals surface area contributed by atoms with E-state index in [-0.39, 0.29) is 5.69 Å². The number of carbonyl (C=O) groups is 1. The van der Waals surface area contributed by atoms with Crippen molar-refractivity contribution in [1.29, 1.82) is 0 Å². The number of nitrogens with one attached hydrogen (secondary N) is 1. The molecule has 3 rings (SSSR count). The van der Waals surface area contributed by atoms with Crippen LogP contribution >= 0.6 is 0 Å². The first-order valence-corrected chi connectivity index (χ1v) is 6.72. The molecule has 0 atom stereocenters. The van der Waals surface area contributed by atoms with Crippen LogP contribution in [0.4, 0.5) is 0 Å². The lowest BCUT2D eigenvalue weighted by Gasteiger charge is -2.13. The van der Waals surface area contributed by atoms with Gasteiger partial charge >= 0.3 is 0 Å². The van der Waals surface area contributed by atoms with Crippen LogP contribution in [-0.4, -0.2) is 30.5 Å². The largest absolute Gasteiger partial charge is 0.332 e. The number of aromatic nitrogens is 5. The molecular weight excluding hydrogens is 258 g/mol. The van der Waals surface area contributed by atoms with Crippen LogP contribution < -0.4 is 11.3 Å². The zero-order chi connectivity index (χ0) is 13.9. The molecular formula is C12H17N7O. The van der Waals surface area contributed by atoms with Crippen molar-refractivity contribution in [2.24, 2.45) is 5.84 Å². The summed E-state index contributed by atoms with van der Waals surface area (Å²) >= 11 is 0. The molecule has 8 nitrogen and oxygen atoms in total. The number of hydrazine groups is 1. The van der Waals surface area contributed by atoms with Crippen molar-refractivity contribution in [3.63, 3.8) is 0 Å². The first kappa shape index (κ1) is 12.8. The van der Waals surface area contributed by atoms with Gasteiger partial charge in [-0.05, 0) is 25.7 Å². The Morgan fingerprint density at radius 2 is 2.20 bits per heavy atom. The maximum Gasteiger partial charge on any atom is 0.287 e. The molecule has 1 aliphatic carbocycles. The van der Waals surface area contributed by atoms with Gasteiger partial charge in [-0.3, -0.25) is 10.2 Å². The van der Waals surface area contributed by atoms with E-state index in [2.05, 4.69) is 19.9 Å². The summed E-state index contributed by atoms with van der Waals surface area (Å²) in [6.45, 7) is 1.42. The first-order chi connectivity index (χ1) is 9.78. The zero-order valence-electron chi connectivity index (χ0n) is 11.1. The highest BCUT2D eigenvalue weighted by molar-refractivity contribution is 5.91. The third-order valence-electron chi connectivity index (χ3n) is 3.58. The van der Waals surface area contributed by atoms with E-state index in [0.717, 1.165) is 19.4 Å². The molecule has 2 aromatic rings. The minimum Gasteiger partial charge on any atom is -0.332 e. The normalized spacial score (nSPS) is 14.1. The summed E-state index contributed by atoms with van der Waals surface area (Å²) in [6, 6.07) is 0. The van der Waals surface area contributed by atoms with Crippen molar-refractivity contribution in [1.82, 2.24) is 30.0 Å². The second kappa shape index (κ2) is 5.41. The molecule has 0 bridgehead atoms. The van der Waals surface area contributed by atoms with Crippen molar-refractivity contribution in [3.8, 4) is 0 Å². The number of nitrogens with zero attached hydrogens (tertiary/aromatic N) is 5. The van der Waals surface area contributed by atoms with E-state index in [0.29, 0.717) is 6.54 Å². The van der Waals surface area contributed by atoms with Gasteiger partial charge in [-0.15, -0.1) is 5.10 Å². The Balaban J connectivity index is 1.66. The number of fused-ring (bicyclic) bond motifs is 1. The van der Waals surface area contributed by atoms with Gasteiger partial charge in [-0.25, -0.2) is 15.5 Å². The van der Waals surface area contributed by atoms with Crippen LogP contribution in [0, 0.1) is 0 Å². The van der Waals surface area contributed by atoms with E-state index in [1.54, 1.807) is 10.9 Å². The smallest absolute Gasteiger partial charge is 0.287 e. The van der Waals surface area contributed by atoms with Gasteiger partial charge in [0.15, 0.2) is 5.69 Å². The van der Waals surface area contributed by atoms with E-state index in [9.17, 15) is 4.79 Å². The Morgan fingerprint density at radius 1 is 1.35 bits per heavy atom. The third kappa shape index (κ3) is 2.42. The number of carbonyl (C=O) groups excluding carboxylic acids is 1. The van der Waals surface area contributed by atoms with Gasteiger partial charge in [0.2, 0.25) is 0 Å². The maximum absolute atomic E-state index is 11.3. The van der Waals surface area contributed by atoms with Crippen LogP contribution in [0.25, 0.3) is 0 Å². The Hall–Kier alpha value is -2.22. The van der Waals surface area contributed by atoms with Crippen LogP contribution in [0.15, 0.2) is 12.5 Å². The minimum absolute atomic E-state index is 0.222. The highest BCUT2D eigenvalue weighted by Crippen LogP contribution is 2.19. The number of aryl methyl sites for hydroxylation is 3. The zero-order valence-corrected chi connectivity index (χ0v) is 11.1. The van der Waals surface area contributed by atoms with E-state index in [4.69, 9.17) is 5.84 Å². The quantitative estimate of drug-likeness (QED) is 0.451. The topological polar surface area (TPSA) is 104 Å². The summed E-state index contributed by atoms with van der Waals surface area (Å²) in [5, 5.41) is 7.68. The molecule has 0 saturated heterocycles. The number of rotatable bonds is 4. The molecule has 0 spiro atoms. The number of amides is 1. The molecule has 8 heteroatoms. The SMILES string of the molecule is NNC(=O)c1cn(CCn2cnc3c2CCCC3)nn1. The molecule has 0 saturated carbocycles. The predicted octanol–water partition coefficient (Wildman–Crippen LogP) is -0.343. The van der Waals surface area contributed by atoms with Crippen molar-refractivity contribution >= 4 is 5.91 Å². The van der Waals surface area contributed by atoms with Crippen molar-refractivity contribution in [2.45, 2.75) is 38.8 Å². The molecule has 0 unspecified atom stereocenters. The number of nitrogen functional groups attached to an aromatic ring is 1.